The first-order chi connectivity index (χ1) is 14.4. The molecule has 1 saturated heterocycles. The van der Waals surface area contributed by atoms with Gasteiger partial charge in [0.1, 0.15) is 12.1 Å². The highest BCUT2D eigenvalue weighted by atomic mass is 19.4. The van der Waals surface area contributed by atoms with Crippen LogP contribution in [0, 0.1) is 0 Å². The topological polar surface area (TPSA) is 87.1 Å². The highest BCUT2D eigenvalue weighted by molar-refractivity contribution is 5.62. The van der Waals surface area contributed by atoms with Gasteiger partial charge in [-0.05, 0) is 43.2 Å². The van der Waals surface area contributed by atoms with Crippen LogP contribution in [-0.4, -0.2) is 44.2 Å². The molecule has 1 fully saturated rings. The summed E-state index contributed by atoms with van der Waals surface area (Å²) < 4.78 is 38.7. The van der Waals surface area contributed by atoms with Crippen LogP contribution < -0.4 is 10.2 Å². The summed E-state index contributed by atoms with van der Waals surface area (Å²) in [5.41, 5.74) is 0.155. The van der Waals surface area contributed by atoms with Crippen LogP contribution in [0.3, 0.4) is 0 Å². The molecule has 0 amide bonds. The maximum Gasteiger partial charge on any atom is 0.416 e. The van der Waals surface area contributed by atoms with Gasteiger partial charge in [-0.15, -0.1) is 0 Å². The number of alkyl halides is 3. The Kier molecular flexibility index (Phi) is 5.49. The second-order valence-corrected chi connectivity index (χ2v) is 6.91. The molecule has 2 aromatic heterocycles. The van der Waals surface area contributed by atoms with E-state index < -0.39 is 11.7 Å². The molecule has 1 aromatic carbocycles. The van der Waals surface area contributed by atoms with Crippen molar-refractivity contribution >= 4 is 17.5 Å². The van der Waals surface area contributed by atoms with E-state index in [1.54, 1.807) is 12.3 Å². The van der Waals surface area contributed by atoms with Crippen LogP contribution in [0.15, 0.2) is 48.9 Å². The van der Waals surface area contributed by atoms with Crippen LogP contribution in [0.5, 0.6) is 0 Å². The van der Waals surface area contributed by atoms with Gasteiger partial charge in [-0.3, -0.25) is 0 Å². The molecule has 30 heavy (non-hydrogen) atoms. The van der Waals surface area contributed by atoms with Crippen molar-refractivity contribution in [2.24, 2.45) is 0 Å². The molecule has 156 valence electrons. The van der Waals surface area contributed by atoms with Crippen molar-refractivity contribution in [1.82, 2.24) is 19.9 Å². The fourth-order valence-electron chi connectivity index (χ4n) is 3.44. The van der Waals surface area contributed by atoms with Crippen molar-refractivity contribution in [3.63, 3.8) is 0 Å². The van der Waals surface area contributed by atoms with Gasteiger partial charge in [0, 0.05) is 24.0 Å². The number of rotatable bonds is 5. The summed E-state index contributed by atoms with van der Waals surface area (Å²) in [6.07, 6.45) is 0.385. The average molecular weight is 416 g/mol. The van der Waals surface area contributed by atoms with Gasteiger partial charge in [0.15, 0.2) is 5.82 Å². The Morgan fingerprint density at radius 3 is 2.80 bits per heavy atom. The van der Waals surface area contributed by atoms with E-state index >= 15 is 0 Å². The molecule has 0 aliphatic carbocycles. The molecule has 3 aromatic rings. The molecule has 1 aliphatic heterocycles. The van der Waals surface area contributed by atoms with Gasteiger partial charge in [0.25, 0.3) is 0 Å². The third-order valence-electron chi connectivity index (χ3n) is 4.90. The van der Waals surface area contributed by atoms with E-state index in [4.69, 9.17) is 0 Å². The number of hydrogen-bond acceptors (Lipinski definition) is 7. The van der Waals surface area contributed by atoms with Gasteiger partial charge >= 0.3 is 6.18 Å². The minimum Gasteiger partial charge on any atom is -0.394 e. The molecule has 0 bridgehead atoms. The Morgan fingerprint density at radius 1 is 1.13 bits per heavy atom. The zero-order chi connectivity index (χ0) is 21.1. The van der Waals surface area contributed by atoms with Crippen molar-refractivity contribution < 1.29 is 18.3 Å². The fourth-order valence-corrected chi connectivity index (χ4v) is 3.44. The summed E-state index contributed by atoms with van der Waals surface area (Å²) >= 11 is 0. The van der Waals surface area contributed by atoms with Gasteiger partial charge in [0.05, 0.1) is 18.2 Å². The highest BCUT2D eigenvalue weighted by Gasteiger charge is 2.30. The second-order valence-electron chi connectivity index (χ2n) is 6.91. The maximum atomic E-state index is 12.9. The van der Waals surface area contributed by atoms with Crippen molar-refractivity contribution in [3.05, 3.63) is 54.5 Å². The number of halogens is 3. The smallest absolute Gasteiger partial charge is 0.394 e. The van der Waals surface area contributed by atoms with E-state index in [0.717, 1.165) is 37.3 Å². The van der Waals surface area contributed by atoms with E-state index in [-0.39, 0.29) is 24.3 Å². The lowest BCUT2D eigenvalue weighted by molar-refractivity contribution is -0.137. The number of nitrogens with zero attached hydrogens (tertiary/aromatic N) is 5. The summed E-state index contributed by atoms with van der Waals surface area (Å²) in [5.74, 6) is 1.21. The van der Waals surface area contributed by atoms with Crippen LogP contribution in [0.4, 0.5) is 30.6 Å². The lowest BCUT2D eigenvalue weighted by Crippen LogP contribution is -2.32. The lowest BCUT2D eigenvalue weighted by Gasteiger charge is -2.24. The first-order valence-corrected chi connectivity index (χ1v) is 9.41. The number of aliphatic hydroxyl groups is 1. The molecular formula is C20H19F3N6O. The number of nitrogens with one attached hydrogen (secondary N) is 1. The predicted molar refractivity (Wildman–Crippen MR) is 105 cm³/mol. The van der Waals surface area contributed by atoms with Crippen LogP contribution in [0.2, 0.25) is 0 Å². The summed E-state index contributed by atoms with van der Waals surface area (Å²) in [4.78, 5) is 18.9. The summed E-state index contributed by atoms with van der Waals surface area (Å²) in [6, 6.07) is 8.43. The Hall–Kier alpha value is -3.27. The molecule has 0 saturated carbocycles. The van der Waals surface area contributed by atoms with E-state index in [1.807, 2.05) is 11.0 Å². The zero-order valence-electron chi connectivity index (χ0n) is 15.8. The Bertz CT molecular complexity index is 1030. The van der Waals surface area contributed by atoms with Crippen LogP contribution in [-0.2, 0) is 6.18 Å². The van der Waals surface area contributed by atoms with Crippen molar-refractivity contribution in [1.29, 1.82) is 0 Å². The largest absolute Gasteiger partial charge is 0.416 e. The molecule has 10 heteroatoms. The quantitative estimate of drug-likeness (QED) is 0.656. The van der Waals surface area contributed by atoms with Crippen molar-refractivity contribution in [3.8, 4) is 11.4 Å². The first kappa shape index (κ1) is 20.0. The molecule has 2 N–H and O–H groups in total. The van der Waals surface area contributed by atoms with Gasteiger partial charge in [0.2, 0.25) is 5.95 Å². The monoisotopic (exact) mass is 416 g/mol. The number of hydrogen-bond donors (Lipinski definition) is 2. The van der Waals surface area contributed by atoms with Gasteiger partial charge in [-0.1, -0.05) is 6.07 Å². The Balaban J connectivity index is 1.58. The lowest BCUT2D eigenvalue weighted by atomic mass is 10.2. The standard InChI is InChI=1S/C20H19F3N6O/c21-20(22,23)14-3-1-4-15(10-14)27-19-26-12-25-18(28-19)13-6-7-24-17(9-13)29-8-2-5-16(29)11-30/h1,3-4,6-7,9-10,12,16,30H,2,5,8,11H2,(H,25,26,27,28). The van der Waals surface area contributed by atoms with Gasteiger partial charge in [-0.25, -0.2) is 15.0 Å². The van der Waals surface area contributed by atoms with E-state index in [2.05, 4.69) is 25.3 Å². The molecule has 1 unspecified atom stereocenters. The summed E-state index contributed by atoms with van der Waals surface area (Å²) in [6.45, 7) is 0.865. The third kappa shape index (κ3) is 4.33. The number of aliphatic hydroxyl groups excluding tert-OH is 1. The predicted octanol–water partition coefficient (Wildman–Crippen LogP) is 3.66. The molecule has 4 rings (SSSR count). The molecule has 0 spiro atoms. The van der Waals surface area contributed by atoms with E-state index in [0.29, 0.717) is 11.4 Å². The Morgan fingerprint density at radius 2 is 2.00 bits per heavy atom. The number of aromatic nitrogens is 4. The summed E-state index contributed by atoms with van der Waals surface area (Å²) in [7, 11) is 0. The summed E-state index contributed by atoms with van der Waals surface area (Å²) in [5, 5.41) is 12.3. The number of pyridine rings is 1. The maximum absolute atomic E-state index is 12.9. The molecule has 1 aliphatic rings. The van der Waals surface area contributed by atoms with Crippen LogP contribution in [0.1, 0.15) is 18.4 Å². The van der Waals surface area contributed by atoms with Gasteiger partial charge in [-0.2, -0.15) is 18.2 Å². The third-order valence-corrected chi connectivity index (χ3v) is 4.90. The van der Waals surface area contributed by atoms with Crippen LogP contribution in [0.25, 0.3) is 11.4 Å². The molecule has 3 heterocycles. The Labute approximate surface area is 170 Å². The molecule has 0 radical (unpaired) electrons. The minimum atomic E-state index is -4.43. The fraction of sp³-hybridized carbons (Fsp3) is 0.300. The molecule has 7 nitrogen and oxygen atoms in total. The molecular weight excluding hydrogens is 397 g/mol. The number of benzene rings is 1. The zero-order valence-corrected chi connectivity index (χ0v) is 15.8. The van der Waals surface area contributed by atoms with Crippen molar-refractivity contribution in [2.75, 3.05) is 23.4 Å². The normalized spacial score (nSPS) is 16.7. The molecule has 1 atom stereocenters. The van der Waals surface area contributed by atoms with E-state index in [1.165, 1.54) is 18.5 Å². The first-order valence-electron chi connectivity index (χ1n) is 9.41. The van der Waals surface area contributed by atoms with Crippen LogP contribution >= 0.6 is 0 Å². The minimum absolute atomic E-state index is 0.0317. The van der Waals surface area contributed by atoms with Crippen molar-refractivity contribution in [2.45, 2.75) is 25.1 Å². The second kappa shape index (κ2) is 8.23. The van der Waals surface area contributed by atoms with E-state index in [9.17, 15) is 18.3 Å². The number of anilines is 3. The highest BCUT2D eigenvalue weighted by Crippen LogP contribution is 2.31. The van der Waals surface area contributed by atoms with Gasteiger partial charge < -0.3 is 15.3 Å². The SMILES string of the molecule is OCC1CCCN1c1cc(-c2ncnc(Nc3cccc(C(F)(F)F)c3)n2)ccn1. The average Bonchev–Trinajstić information content (AvgIpc) is 3.23.